The van der Waals surface area contributed by atoms with Crippen molar-refractivity contribution in [1.82, 2.24) is 14.5 Å². The van der Waals surface area contributed by atoms with Gasteiger partial charge in [-0.25, -0.2) is 12.8 Å². The summed E-state index contributed by atoms with van der Waals surface area (Å²) in [7, 11) is -3.67. The summed E-state index contributed by atoms with van der Waals surface area (Å²) >= 11 is 0. The Morgan fingerprint density at radius 3 is 2.27 bits per heavy atom. The van der Waals surface area contributed by atoms with Gasteiger partial charge in [0, 0.05) is 32.2 Å². The summed E-state index contributed by atoms with van der Waals surface area (Å²) in [5.74, 6) is 0.104. The van der Waals surface area contributed by atoms with Gasteiger partial charge in [0.15, 0.2) is 0 Å². The molecule has 3 rings (SSSR count). The van der Waals surface area contributed by atoms with Crippen LogP contribution in [0.5, 0.6) is 0 Å². The van der Waals surface area contributed by atoms with E-state index in [0.717, 1.165) is 18.6 Å². The van der Waals surface area contributed by atoms with E-state index in [1.807, 2.05) is 0 Å². The van der Waals surface area contributed by atoms with Crippen LogP contribution in [0.25, 0.3) is 0 Å². The highest BCUT2D eigenvalue weighted by molar-refractivity contribution is 7.89. The molecule has 6 nitrogen and oxygen atoms in total. The molecule has 1 aliphatic heterocycles. The van der Waals surface area contributed by atoms with Gasteiger partial charge in [0.1, 0.15) is 5.82 Å². The zero-order valence-electron chi connectivity index (χ0n) is 18.2. The first kappa shape index (κ1) is 23.2. The largest absolute Gasteiger partial charge is 0.339 e. The number of nitrogens with one attached hydrogen (secondary N) is 1. The average Bonchev–Trinajstić information content (AvgIpc) is 2.72. The minimum absolute atomic E-state index is 0.0204. The van der Waals surface area contributed by atoms with E-state index < -0.39 is 15.8 Å². The van der Waals surface area contributed by atoms with Crippen molar-refractivity contribution < 1.29 is 17.6 Å². The predicted molar refractivity (Wildman–Crippen MR) is 115 cm³/mol. The van der Waals surface area contributed by atoms with Gasteiger partial charge in [-0.2, -0.15) is 4.31 Å². The van der Waals surface area contributed by atoms with E-state index in [9.17, 15) is 17.6 Å². The average molecular weight is 440 g/mol. The first-order valence-corrected chi connectivity index (χ1v) is 12.3. The van der Waals surface area contributed by atoms with Crippen molar-refractivity contribution in [3.05, 3.63) is 30.1 Å². The number of piperazine rings is 1. The molecule has 1 amide bonds. The summed E-state index contributed by atoms with van der Waals surface area (Å²) in [5, 5.41) is 3.49. The maximum Gasteiger partial charge on any atom is 0.243 e. The van der Waals surface area contributed by atoms with Crippen LogP contribution in [0.15, 0.2) is 29.2 Å². The Morgan fingerprint density at radius 2 is 1.67 bits per heavy atom. The standard InChI is InChI=1S/C22H34FN3O3S/c1-22(2,3)19-6-4-5-7-20(19)24-16-21(27)25-12-14-26(15-13-25)30(28,29)18-10-8-17(23)9-11-18/h8-11,19-20,24H,4-7,12-16H2,1-3H3. The van der Waals surface area contributed by atoms with E-state index >= 15 is 0 Å². The number of hydrogen-bond donors (Lipinski definition) is 1. The van der Waals surface area contributed by atoms with E-state index in [0.29, 0.717) is 31.6 Å². The summed E-state index contributed by atoms with van der Waals surface area (Å²) < 4.78 is 39.9. The van der Waals surface area contributed by atoms with E-state index in [2.05, 4.69) is 26.1 Å². The maximum absolute atomic E-state index is 13.1. The number of benzene rings is 1. The Hall–Kier alpha value is -1.51. The number of rotatable bonds is 5. The summed E-state index contributed by atoms with van der Waals surface area (Å²) in [6, 6.07) is 5.20. The van der Waals surface area contributed by atoms with E-state index in [1.54, 1.807) is 4.90 Å². The zero-order chi connectivity index (χ0) is 21.9. The van der Waals surface area contributed by atoms with Gasteiger partial charge in [-0.05, 0) is 48.4 Å². The second-order valence-corrected chi connectivity index (χ2v) is 11.4. The Morgan fingerprint density at radius 1 is 1.07 bits per heavy atom. The van der Waals surface area contributed by atoms with Gasteiger partial charge in [-0.15, -0.1) is 0 Å². The molecule has 2 fully saturated rings. The van der Waals surface area contributed by atoms with Gasteiger partial charge in [0.2, 0.25) is 15.9 Å². The Kier molecular flexibility index (Phi) is 7.20. The van der Waals surface area contributed by atoms with Gasteiger partial charge in [0.05, 0.1) is 11.4 Å². The van der Waals surface area contributed by atoms with Crippen LogP contribution in [0.4, 0.5) is 4.39 Å². The quantitative estimate of drug-likeness (QED) is 0.766. The fraction of sp³-hybridized carbons (Fsp3) is 0.682. The summed E-state index contributed by atoms with van der Waals surface area (Å²) in [5.41, 5.74) is 0.210. The van der Waals surface area contributed by atoms with Gasteiger partial charge in [0.25, 0.3) is 0 Å². The molecule has 0 spiro atoms. The molecule has 0 radical (unpaired) electrons. The molecule has 0 aromatic heterocycles. The molecular formula is C22H34FN3O3S. The first-order chi connectivity index (χ1) is 14.1. The highest BCUT2D eigenvalue weighted by Gasteiger charge is 2.35. The normalized spacial score (nSPS) is 24.1. The highest BCUT2D eigenvalue weighted by Crippen LogP contribution is 2.37. The molecule has 1 saturated heterocycles. The fourth-order valence-electron chi connectivity index (χ4n) is 4.68. The third-order valence-corrected chi connectivity index (χ3v) is 8.35. The molecular weight excluding hydrogens is 405 g/mol. The number of nitrogens with zero attached hydrogens (tertiary/aromatic N) is 2. The number of amides is 1. The molecule has 2 unspecified atom stereocenters. The third kappa shape index (κ3) is 5.39. The van der Waals surface area contributed by atoms with Gasteiger partial charge >= 0.3 is 0 Å². The Balaban J connectivity index is 1.52. The van der Waals surface area contributed by atoms with Crippen LogP contribution in [0.3, 0.4) is 0 Å². The lowest BCUT2D eigenvalue weighted by Gasteiger charge is -2.41. The smallest absolute Gasteiger partial charge is 0.243 e. The topological polar surface area (TPSA) is 69.7 Å². The number of hydrogen-bond acceptors (Lipinski definition) is 4. The Bertz CT molecular complexity index is 828. The van der Waals surface area contributed by atoms with Crippen molar-refractivity contribution >= 4 is 15.9 Å². The third-order valence-electron chi connectivity index (χ3n) is 6.44. The molecule has 168 valence electrons. The van der Waals surface area contributed by atoms with E-state index in [1.165, 1.54) is 35.7 Å². The van der Waals surface area contributed by atoms with Crippen molar-refractivity contribution in [2.45, 2.75) is 57.4 Å². The molecule has 2 aliphatic rings. The van der Waals surface area contributed by atoms with Crippen molar-refractivity contribution in [2.75, 3.05) is 32.7 Å². The second-order valence-electron chi connectivity index (χ2n) is 9.48. The maximum atomic E-state index is 13.1. The van der Waals surface area contributed by atoms with Crippen LogP contribution >= 0.6 is 0 Å². The summed E-state index contributed by atoms with van der Waals surface area (Å²) in [6.45, 7) is 8.32. The number of halogens is 1. The first-order valence-electron chi connectivity index (χ1n) is 10.9. The van der Waals surface area contributed by atoms with Crippen molar-refractivity contribution in [1.29, 1.82) is 0 Å². The zero-order valence-corrected chi connectivity index (χ0v) is 19.0. The molecule has 1 heterocycles. The minimum Gasteiger partial charge on any atom is -0.339 e. The molecule has 30 heavy (non-hydrogen) atoms. The molecule has 1 saturated carbocycles. The lowest BCUT2D eigenvalue weighted by molar-refractivity contribution is -0.131. The number of sulfonamides is 1. The van der Waals surface area contributed by atoms with Crippen LogP contribution < -0.4 is 5.32 Å². The van der Waals surface area contributed by atoms with Crippen LogP contribution in [-0.2, 0) is 14.8 Å². The molecule has 1 aliphatic carbocycles. The monoisotopic (exact) mass is 439 g/mol. The number of carbonyl (C=O) groups excluding carboxylic acids is 1. The van der Waals surface area contributed by atoms with Crippen LogP contribution in [0, 0.1) is 17.2 Å². The van der Waals surface area contributed by atoms with E-state index in [4.69, 9.17) is 0 Å². The molecule has 0 bridgehead atoms. The summed E-state index contributed by atoms with van der Waals surface area (Å²) in [6.07, 6.45) is 4.73. The SMILES string of the molecule is CC(C)(C)C1CCCCC1NCC(=O)N1CCN(S(=O)(=O)c2ccc(F)cc2)CC1. The van der Waals surface area contributed by atoms with Crippen molar-refractivity contribution in [3.8, 4) is 0 Å². The predicted octanol–water partition coefficient (Wildman–Crippen LogP) is 2.85. The van der Waals surface area contributed by atoms with Gasteiger partial charge in [-0.1, -0.05) is 33.6 Å². The molecule has 1 aromatic carbocycles. The van der Waals surface area contributed by atoms with E-state index in [-0.39, 0.29) is 29.3 Å². The minimum atomic E-state index is -3.67. The second kappa shape index (κ2) is 9.32. The molecule has 8 heteroatoms. The van der Waals surface area contributed by atoms with Crippen LogP contribution in [0.2, 0.25) is 0 Å². The lowest BCUT2D eigenvalue weighted by atomic mass is 9.69. The van der Waals surface area contributed by atoms with Crippen molar-refractivity contribution in [3.63, 3.8) is 0 Å². The molecule has 1 aromatic rings. The number of carbonyl (C=O) groups is 1. The van der Waals surface area contributed by atoms with Crippen LogP contribution in [0.1, 0.15) is 46.5 Å². The van der Waals surface area contributed by atoms with Gasteiger partial charge < -0.3 is 10.2 Å². The van der Waals surface area contributed by atoms with Gasteiger partial charge in [-0.3, -0.25) is 4.79 Å². The fourth-order valence-corrected chi connectivity index (χ4v) is 6.10. The summed E-state index contributed by atoms with van der Waals surface area (Å²) in [4.78, 5) is 14.5. The highest BCUT2D eigenvalue weighted by atomic mass is 32.2. The lowest BCUT2D eigenvalue weighted by Crippen LogP contribution is -2.54. The molecule has 2 atom stereocenters. The molecule has 1 N–H and O–H groups in total. The van der Waals surface area contributed by atoms with Crippen LogP contribution in [-0.4, -0.2) is 62.3 Å². The van der Waals surface area contributed by atoms with Crippen molar-refractivity contribution in [2.24, 2.45) is 11.3 Å². The Labute approximate surface area is 179 Å².